The average Bonchev–Trinajstić information content (AvgIpc) is 2.50. The summed E-state index contributed by atoms with van der Waals surface area (Å²) in [6.07, 6.45) is 0. The van der Waals surface area contributed by atoms with Gasteiger partial charge in [0.15, 0.2) is 0 Å². The Balaban J connectivity index is 2.44. The quantitative estimate of drug-likeness (QED) is 0.724. The first-order valence-electron chi connectivity index (χ1n) is 7.63. The van der Waals surface area contributed by atoms with E-state index in [1.807, 2.05) is 0 Å². The molecule has 0 aromatic heterocycles. The number of nitrogens with zero attached hydrogens (tertiary/aromatic N) is 2. The van der Waals surface area contributed by atoms with Gasteiger partial charge in [-0.15, -0.1) is 0 Å². The van der Waals surface area contributed by atoms with Crippen LogP contribution in [0, 0.1) is 0 Å². The van der Waals surface area contributed by atoms with Gasteiger partial charge in [-0.1, -0.05) is 27.7 Å². The second kappa shape index (κ2) is 5.27. The van der Waals surface area contributed by atoms with Crippen molar-refractivity contribution in [3.8, 4) is 0 Å². The molecule has 2 saturated heterocycles. The van der Waals surface area contributed by atoms with Gasteiger partial charge in [0.2, 0.25) is 0 Å². The third-order valence-corrected chi connectivity index (χ3v) is 16.7. The van der Waals surface area contributed by atoms with Crippen molar-refractivity contribution in [2.75, 3.05) is 13.1 Å². The predicted molar refractivity (Wildman–Crippen MR) is 87.7 cm³/mol. The SMILES string of the molecule is CC(C)N1CCN(C(C)C)[Si]12O[Si](C)(C)O[Si](C)(C)O2. The summed E-state index contributed by atoms with van der Waals surface area (Å²) in [5.41, 5.74) is 0. The van der Waals surface area contributed by atoms with Crippen LogP contribution < -0.4 is 0 Å². The molecule has 1 spiro atoms. The van der Waals surface area contributed by atoms with Gasteiger partial charge in [-0.3, -0.25) is 9.13 Å². The monoisotopic (exact) mass is 334 g/mol. The normalized spacial score (nSPS) is 29.7. The molecule has 0 atom stereocenters. The molecule has 0 aliphatic carbocycles. The molecule has 2 aliphatic rings. The summed E-state index contributed by atoms with van der Waals surface area (Å²) < 4.78 is 24.4. The molecule has 2 heterocycles. The molecule has 0 aromatic rings. The summed E-state index contributed by atoms with van der Waals surface area (Å²) >= 11 is 0. The van der Waals surface area contributed by atoms with Crippen LogP contribution in [0.15, 0.2) is 0 Å². The molecule has 5 nitrogen and oxygen atoms in total. The van der Waals surface area contributed by atoms with E-state index in [0.29, 0.717) is 12.1 Å². The summed E-state index contributed by atoms with van der Waals surface area (Å²) in [6.45, 7) is 19.7. The molecule has 118 valence electrons. The van der Waals surface area contributed by atoms with Gasteiger partial charge in [-0.25, -0.2) is 0 Å². The second-order valence-corrected chi connectivity index (χ2v) is 17.5. The zero-order chi connectivity index (χ0) is 15.3. The van der Waals surface area contributed by atoms with Crippen LogP contribution in [0.5, 0.6) is 0 Å². The Hall–Kier alpha value is 0.451. The van der Waals surface area contributed by atoms with E-state index in [2.05, 4.69) is 63.0 Å². The first-order valence-corrected chi connectivity index (χ1v) is 15.0. The van der Waals surface area contributed by atoms with E-state index >= 15 is 0 Å². The van der Waals surface area contributed by atoms with Crippen molar-refractivity contribution in [3.63, 3.8) is 0 Å². The van der Waals surface area contributed by atoms with Crippen LogP contribution in [0.4, 0.5) is 0 Å². The lowest BCUT2D eigenvalue weighted by Crippen LogP contribution is -2.77. The zero-order valence-corrected chi connectivity index (χ0v) is 17.2. The topological polar surface area (TPSA) is 34.2 Å². The molecular weight excluding hydrogens is 304 g/mol. The van der Waals surface area contributed by atoms with Gasteiger partial charge in [0, 0.05) is 25.2 Å². The van der Waals surface area contributed by atoms with Crippen LogP contribution in [0.3, 0.4) is 0 Å². The Bertz CT molecular complexity index is 343. The van der Waals surface area contributed by atoms with E-state index in [4.69, 9.17) is 12.3 Å². The van der Waals surface area contributed by atoms with Crippen molar-refractivity contribution < 1.29 is 12.3 Å². The number of hydrogen-bond donors (Lipinski definition) is 0. The zero-order valence-electron chi connectivity index (χ0n) is 14.2. The van der Waals surface area contributed by atoms with Gasteiger partial charge >= 0.3 is 26.0 Å². The lowest BCUT2D eigenvalue weighted by atomic mass is 10.3. The molecule has 0 amide bonds. The first kappa shape index (κ1) is 16.8. The van der Waals surface area contributed by atoms with Crippen molar-refractivity contribution in [2.45, 2.75) is 66.0 Å². The second-order valence-electron chi connectivity index (χ2n) is 7.23. The fraction of sp³-hybridized carbons (Fsp3) is 1.00. The van der Waals surface area contributed by atoms with Gasteiger partial charge in [0.1, 0.15) is 0 Å². The fourth-order valence-electron chi connectivity index (χ4n) is 3.36. The third kappa shape index (κ3) is 2.98. The van der Waals surface area contributed by atoms with Crippen molar-refractivity contribution in [1.82, 2.24) is 9.13 Å². The molecule has 0 saturated carbocycles. The Morgan fingerprint density at radius 3 is 1.35 bits per heavy atom. The Labute approximate surface area is 127 Å². The molecular formula is C12H30N2O3Si3. The maximum atomic E-state index is 6.63. The highest BCUT2D eigenvalue weighted by Gasteiger charge is 2.66. The van der Waals surface area contributed by atoms with Gasteiger partial charge < -0.3 is 12.3 Å². The minimum Gasteiger partial charge on any atom is -0.416 e. The highest BCUT2D eigenvalue weighted by molar-refractivity contribution is 6.91. The van der Waals surface area contributed by atoms with E-state index in [1.54, 1.807) is 0 Å². The maximum Gasteiger partial charge on any atom is 0.505 e. The van der Waals surface area contributed by atoms with Crippen molar-refractivity contribution in [1.29, 1.82) is 0 Å². The van der Waals surface area contributed by atoms with Crippen LogP contribution in [0.1, 0.15) is 27.7 Å². The Kier molecular flexibility index (Phi) is 4.43. The Morgan fingerprint density at radius 1 is 0.700 bits per heavy atom. The summed E-state index contributed by atoms with van der Waals surface area (Å²) in [5.74, 6) is 0. The molecule has 2 rings (SSSR count). The van der Waals surface area contributed by atoms with E-state index in [9.17, 15) is 0 Å². The molecule has 2 aliphatic heterocycles. The summed E-state index contributed by atoms with van der Waals surface area (Å²) in [5, 5.41) is 0. The van der Waals surface area contributed by atoms with Crippen LogP contribution in [-0.2, 0) is 12.3 Å². The van der Waals surface area contributed by atoms with Crippen molar-refractivity contribution in [3.05, 3.63) is 0 Å². The maximum absolute atomic E-state index is 6.63. The number of hydrogen-bond acceptors (Lipinski definition) is 5. The Morgan fingerprint density at radius 2 is 1.05 bits per heavy atom. The summed E-state index contributed by atoms with van der Waals surface area (Å²) in [6, 6.07) is 0.885. The standard InChI is InChI=1S/C12H30N2O3Si3/c1-11(2)13-9-10-14(12(3)4)20(13)16-18(5,6)15-19(7,8)17-20/h11-12H,9-10H2,1-8H3. The summed E-state index contributed by atoms with van der Waals surface area (Å²) in [7, 11) is -6.76. The highest BCUT2D eigenvalue weighted by atomic mass is 28.5. The van der Waals surface area contributed by atoms with E-state index in [0.717, 1.165) is 13.1 Å². The smallest absolute Gasteiger partial charge is 0.416 e. The van der Waals surface area contributed by atoms with Crippen LogP contribution in [-0.4, -0.2) is 60.3 Å². The number of rotatable bonds is 2. The van der Waals surface area contributed by atoms with Gasteiger partial charge in [-0.05, 0) is 26.2 Å². The minimum absolute atomic E-state index is 0.443. The van der Waals surface area contributed by atoms with E-state index in [-0.39, 0.29) is 0 Å². The molecule has 20 heavy (non-hydrogen) atoms. The van der Waals surface area contributed by atoms with E-state index < -0.39 is 26.0 Å². The first-order chi connectivity index (χ1) is 8.99. The molecule has 0 radical (unpaired) electrons. The lowest BCUT2D eigenvalue weighted by molar-refractivity contribution is 0.127. The van der Waals surface area contributed by atoms with Crippen LogP contribution >= 0.6 is 0 Å². The van der Waals surface area contributed by atoms with Gasteiger partial charge in [0.25, 0.3) is 0 Å². The van der Waals surface area contributed by atoms with Crippen molar-refractivity contribution in [2.24, 2.45) is 0 Å². The molecule has 8 heteroatoms. The van der Waals surface area contributed by atoms with Gasteiger partial charge in [0.05, 0.1) is 0 Å². The van der Waals surface area contributed by atoms with Gasteiger partial charge in [-0.2, -0.15) is 0 Å². The average molecular weight is 335 g/mol. The minimum atomic E-state index is -2.51. The summed E-state index contributed by atoms with van der Waals surface area (Å²) in [4.78, 5) is 0. The largest absolute Gasteiger partial charge is 0.505 e. The lowest BCUT2D eigenvalue weighted by Gasteiger charge is -2.53. The molecule has 0 bridgehead atoms. The van der Waals surface area contributed by atoms with Crippen LogP contribution in [0.25, 0.3) is 0 Å². The van der Waals surface area contributed by atoms with Crippen molar-refractivity contribution >= 4 is 26.0 Å². The van der Waals surface area contributed by atoms with Crippen LogP contribution in [0.2, 0.25) is 26.2 Å². The highest BCUT2D eigenvalue weighted by Crippen LogP contribution is 2.38. The fourth-order valence-corrected chi connectivity index (χ4v) is 19.1. The molecule has 2 fully saturated rings. The third-order valence-electron chi connectivity index (χ3n) is 3.80. The molecule has 0 aromatic carbocycles. The molecule has 0 unspecified atom stereocenters. The van der Waals surface area contributed by atoms with E-state index in [1.165, 1.54) is 0 Å². The molecule has 0 N–H and O–H groups in total. The predicted octanol–water partition coefficient (Wildman–Crippen LogP) is 2.32.